The van der Waals surface area contributed by atoms with Crippen molar-refractivity contribution in [3.05, 3.63) is 29.3 Å². The molecule has 0 aliphatic heterocycles. The van der Waals surface area contributed by atoms with E-state index in [1.807, 2.05) is 0 Å². The Balaban J connectivity index is 2.61. The lowest BCUT2D eigenvalue weighted by Gasteiger charge is -2.23. The van der Waals surface area contributed by atoms with E-state index in [9.17, 15) is 9.59 Å². The van der Waals surface area contributed by atoms with Crippen molar-refractivity contribution in [2.75, 3.05) is 11.9 Å². The zero-order valence-electron chi connectivity index (χ0n) is 13.0. The van der Waals surface area contributed by atoms with Crippen LogP contribution in [0.2, 0.25) is 5.02 Å². The van der Waals surface area contributed by atoms with E-state index in [1.54, 1.807) is 38.1 Å². The third-order valence-electron chi connectivity index (χ3n) is 3.24. The second-order valence-corrected chi connectivity index (χ2v) is 6.46. The zero-order valence-corrected chi connectivity index (χ0v) is 13.8. The smallest absolute Gasteiger partial charge is 0.239 e. The molecule has 5 heteroatoms. The van der Waals surface area contributed by atoms with Gasteiger partial charge in [-0.2, -0.15) is 0 Å². The number of carbonyl (C=O) groups is 2. The first kappa shape index (κ1) is 17.5. The van der Waals surface area contributed by atoms with Crippen LogP contribution in [0.15, 0.2) is 24.3 Å². The van der Waals surface area contributed by atoms with Crippen LogP contribution in [0, 0.1) is 11.3 Å². The molecule has 2 amide bonds. The molecule has 0 aromatic heterocycles. The average molecular weight is 311 g/mol. The summed E-state index contributed by atoms with van der Waals surface area (Å²) >= 11 is 5.79. The summed E-state index contributed by atoms with van der Waals surface area (Å²) < 4.78 is 0. The molecule has 0 aliphatic rings. The summed E-state index contributed by atoms with van der Waals surface area (Å²) in [4.78, 5) is 24.4. The number of nitrogens with one attached hydrogen (secondary N) is 2. The molecule has 0 heterocycles. The topological polar surface area (TPSA) is 58.2 Å². The number of hydrogen-bond acceptors (Lipinski definition) is 2. The van der Waals surface area contributed by atoms with Gasteiger partial charge in [0.1, 0.15) is 5.41 Å². The molecular formula is C16H23ClN2O2. The third-order valence-corrected chi connectivity index (χ3v) is 3.50. The normalized spacial score (nSPS) is 11.3. The Morgan fingerprint density at radius 3 is 2.24 bits per heavy atom. The average Bonchev–Trinajstić information content (AvgIpc) is 2.40. The monoisotopic (exact) mass is 310 g/mol. The Kier molecular flexibility index (Phi) is 6.21. The fourth-order valence-electron chi connectivity index (χ4n) is 1.62. The molecule has 0 fully saturated rings. The molecular weight excluding hydrogens is 288 g/mol. The molecule has 0 bridgehead atoms. The van der Waals surface area contributed by atoms with Gasteiger partial charge in [-0.05, 0) is 50.5 Å². The van der Waals surface area contributed by atoms with Crippen LogP contribution in [0.3, 0.4) is 0 Å². The highest BCUT2D eigenvalue weighted by atomic mass is 35.5. The molecule has 0 saturated heterocycles. The van der Waals surface area contributed by atoms with E-state index in [2.05, 4.69) is 24.5 Å². The van der Waals surface area contributed by atoms with Gasteiger partial charge in [-0.15, -0.1) is 0 Å². The fraction of sp³-hybridized carbons (Fsp3) is 0.500. The second-order valence-electron chi connectivity index (χ2n) is 6.02. The van der Waals surface area contributed by atoms with Crippen molar-refractivity contribution < 1.29 is 9.59 Å². The summed E-state index contributed by atoms with van der Waals surface area (Å²) in [5.74, 6) is -0.0993. The van der Waals surface area contributed by atoms with E-state index < -0.39 is 5.41 Å². The van der Waals surface area contributed by atoms with Crippen LogP contribution in [0.4, 0.5) is 5.69 Å². The van der Waals surface area contributed by atoms with E-state index in [-0.39, 0.29) is 11.8 Å². The van der Waals surface area contributed by atoms with Gasteiger partial charge in [0, 0.05) is 17.3 Å². The lowest BCUT2D eigenvalue weighted by atomic mass is 9.90. The maximum absolute atomic E-state index is 12.3. The molecule has 116 valence electrons. The van der Waals surface area contributed by atoms with Crippen molar-refractivity contribution in [3.63, 3.8) is 0 Å². The maximum atomic E-state index is 12.3. The van der Waals surface area contributed by atoms with E-state index in [1.165, 1.54) is 0 Å². The summed E-state index contributed by atoms with van der Waals surface area (Å²) in [5.41, 5.74) is -0.510. The standard InChI is InChI=1S/C16H23ClN2O2/c1-11(2)9-10-18-14(20)16(3,4)15(21)19-13-7-5-12(17)6-8-13/h5-8,11H,9-10H2,1-4H3,(H,18,20)(H,19,21). The highest BCUT2D eigenvalue weighted by Gasteiger charge is 2.35. The van der Waals surface area contributed by atoms with Crippen molar-refractivity contribution >= 4 is 29.1 Å². The predicted molar refractivity (Wildman–Crippen MR) is 86.3 cm³/mol. The van der Waals surface area contributed by atoms with E-state index in [0.29, 0.717) is 23.2 Å². The Hall–Kier alpha value is -1.55. The SMILES string of the molecule is CC(C)CCNC(=O)C(C)(C)C(=O)Nc1ccc(Cl)cc1. The Labute approximate surface area is 131 Å². The molecule has 0 aliphatic carbocycles. The number of carbonyl (C=O) groups excluding carboxylic acids is 2. The van der Waals surface area contributed by atoms with Crippen molar-refractivity contribution in [1.29, 1.82) is 0 Å². The number of benzene rings is 1. The van der Waals surface area contributed by atoms with Gasteiger partial charge in [-0.1, -0.05) is 25.4 Å². The lowest BCUT2D eigenvalue weighted by molar-refractivity contribution is -0.138. The summed E-state index contributed by atoms with van der Waals surface area (Å²) in [6, 6.07) is 6.78. The summed E-state index contributed by atoms with van der Waals surface area (Å²) in [7, 11) is 0. The number of halogens is 1. The van der Waals surface area contributed by atoms with Gasteiger partial charge in [-0.3, -0.25) is 9.59 Å². The quantitative estimate of drug-likeness (QED) is 0.790. The molecule has 4 nitrogen and oxygen atoms in total. The molecule has 21 heavy (non-hydrogen) atoms. The first-order valence-electron chi connectivity index (χ1n) is 7.09. The van der Waals surface area contributed by atoms with Crippen LogP contribution in [-0.2, 0) is 9.59 Å². The molecule has 0 atom stereocenters. The molecule has 1 rings (SSSR count). The molecule has 1 aromatic carbocycles. The van der Waals surface area contributed by atoms with Crippen molar-refractivity contribution in [1.82, 2.24) is 5.32 Å². The minimum Gasteiger partial charge on any atom is -0.355 e. The largest absolute Gasteiger partial charge is 0.355 e. The van der Waals surface area contributed by atoms with Crippen molar-refractivity contribution in [3.8, 4) is 0 Å². The number of anilines is 1. The molecule has 0 unspecified atom stereocenters. The second kappa shape index (κ2) is 7.46. The minimum atomic E-state index is -1.13. The highest BCUT2D eigenvalue weighted by Crippen LogP contribution is 2.20. The van der Waals surface area contributed by atoms with Crippen LogP contribution in [0.25, 0.3) is 0 Å². The van der Waals surface area contributed by atoms with E-state index in [0.717, 1.165) is 6.42 Å². The first-order valence-corrected chi connectivity index (χ1v) is 7.46. The van der Waals surface area contributed by atoms with Gasteiger partial charge in [0.25, 0.3) is 0 Å². The van der Waals surface area contributed by atoms with Gasteiger partial charge in [0.15, 0.2) is 0 Å². The molecule has 0 spiro atoms. The number of rotatable bonds is 6. The third kappa shape index (κ3) is 5.38. The summed E-state index contributed by atoms with van der Waals surface area (Å²) in [6.45, 7) is 7.98. The molecule has 0 radical (unpaired) electrons. The number of amides is 2. The minimum absolute atomic E-state index is 0.269. The summed E-state index contributed by atoms with van der Waals surface area (Å²) in [5, 5.41) is 6.14. The predicted octanol–water partition coefficient (Wildman–Crippen LogP) is 3.47. The van der Waals surface area contributed by atoms with Gasteiger partial charge < -0.3 is 10.6 Å². The fourth-order valence-corrected chi connectivity index (χ4v) is 1.75. The van der Waals surface area contributed by atoms with Gasteiger partial charge >= 0.3 is 0 Å². The van der Waals surface area contributed by atoms with Crippen LogP contribution in [0.5, 0.6) is 0 Å². The first-order chi connectivity index (χ1) is 9.73. The Morgan fingerprint density at radius 1 is 1.14 bits per heavy atom. The zero-order chi connectivity index (χ0) is 16.0. The van der Waals surface area contributed by atoms with Crippen molar-refractivity contribution in [2.45, 2.75) is 34.1 Å². The highest BCUT2D eigenvalue weighted by molar-refractivity contribution is 6.30. The van der Waals surface area contributed by atoms with Crippen LogP contribution >= 0.6 is 11.6 Å². The molecule has 1 aromatic rings. The van der Waals surface area contributed by atoms with Crippen molar-refractivity contribution in [2.24, 2.45) is 11.3 Å². The Morgan fingerprint density at radius 2 is 1.71 bits per heavy atom. The van der Waals surface area contributed by atoms with Gasteiger partial charge in [-0.25, -0.2) is 0 Å². The Bertz CT molecular complexity index is 496. The van der Waals surface area contributed by atoms with E-state index in [4.69, 9.17) is 11.6 Å². The molecule has 0 saturated carbocycles. The van der Waals surface area contributed by atoms with Gasteiger partial charge in [0.2, 0.25) is 11.8 Å². The van der Waals surface area contributed by atoms with Gasteiger partial charge in [0.05, 0.1) is 0 Å². The van der Waals surface area contributed by atoms with Crippen LogP contribution in [0.1, 0.15) is 34.1 Å². The lowest BCUT2D eigenvalue weighted by Crippen LogP contribution is -2.45. The van der Waals surface area contributed by atoms with E-state index >= 15 is 0 Å². The van der Waals surface area contributed by atoms with Crippen LogP contribution in [-0.4, -0.2) is 18.4 Å². The molecule has 2 N–H and O–H groups in total. The van der Waals surface area contributed by atoms with Crippen LogP contribution < -0.4 is 10.6 Å². The maximum Gasteiger partial charge on any atom is 0.239 e. The number of hydrogen-bond donors (Lipinski definition) is 2. The summed E-state index contributed by atoms with van der Waals surface area (Å²) in [6.07, 6.45) is 0.890.